The maximum atomic E-state index is 14.0. The molecule has 0 spiro atoms. The number of rotatable bonds is 8. The molecule has 1 aromatic carbocycles. The summed E-state index contributed by atoms with van der Waals surface area (Å²) in [6, 6.07) is 9.83. The second kappa shape index (κ2) is 10.1. The number of imide groups is 2. The monoisotopic (exact) mass is 520 g/mol. The molecule has 0 radical (unpaired) electrons. The van der Waals surface area contributed by atoms with Crippen molar-refractivity contribution in [1.29, 1.82) is 0 Å². The van der Waals surface area contributed by atoms with Gasteiger partial charge in [0.25, 0.3) is 5.56 Å². The van der Waals surface area contributed by atoms with Gasteiger partial charge in [-0.25, -0.2) is 4.79 Å². The van der Waals surface area contributed by atoms with Crippen molar-refractivity contribution in [3.8, 4) is 11.5 Å². The number of likely N-dealkylation sites (tertiary alicyclic amines) is 1. The average Bonchev–Trinajstić information content (AvgIpc) is 2.90. The first-order valence-electron chi connectivity index (χ1n) is 12.7. The van der Waals surface area contributed by atoms with Crippen molar-refractivity contribution in [2.24, 2.45) is 11.3 Å². The highest BCUT2D eigenvalue weighted by molar-refractivity contribution is 6.19. The van der Waals surface area contributed by atoms with Crippen LogP contribution in [0.2, 0.25) is 0 Å². The Bertz CT molecular complexity index is 1350. The maximum absolute atomic E-state index is 14.0. The van der Waals surface area contributed by atoms with E-state index in [1.807, 2.05) is 10.6 Å². The molecule has 0 saturated carbocycles. The smallest absolute Gasteiger partial charge is 0.331 e. The molecule has 38 heavy (non-hydrogen) atoms. The number of aromatic nitrogens is 1. The molecule has 2 aromatic rings. The van der Waals surface area contributed by atoms with Crippen LogP contribution in [0.1, 0.15) is 23.6 Å². The number of hydrogen-bond acceptors (Lipinski definition) is 7. The zero-order valence-corrected chi connectivity index (χ0v) is 21.6. The van der Waals surface area contributed by atoms with Crippen molar-refractivity contribution in [3.63, 3.8) is 0 Å². The number of piperidine rings is 1. The van der Waals surface area contributed by atoms with Gasteiger partial charge in [-0.2, -0.15) is 0 Å². The molecule has 10 nitrogen and oxygen atoms in total. The highest BCUT2D eigenvalue weighted by Crippen LogP contribution is 2.39. The predicted octanol–water partition coefficient (Wildman–Crippen LogP) is 1.78. The minimum absolute atomic E-state index is 0.00543. The average molecular weight is 521 g/mol. The van der Waals surface area contributed by atoms with Crippen LogP contribution in [-0.2, 0) is 22.6 Å². The number of nitrogens with one attached hydrogen (secondary N) is 1. The number of carbonyl (C=O) groups excluding carboxylic acids is 3. The van der Waals surface area contributed by atoms with E-state index in [0.29, 0.717) is 36.7 Å². The van der Waals surface area contributed by atoms with E-state index < -0.39 is 23.3 Å². The summed E-state index contributed by atoms with van der Waals surface area (Å²) < 4.78 is 12.7. The van der Waals surface area contributed by atoms with Crippen LogP contribution in [0.5, 0.6) is 11.5 Å². The molecule has 1 aromatic heterocycles. The summed E-state index contributed by atoms with van der Waals surface area (Å²) in [4.78, 5) is 55.9. The molecule has 2 bridgehead atoms. The highest BCUT2D eigenvalue weighted by Gasteiger charge is 2.55. The van der Waals surface area contributed by atoms with Gasteiger partial charge in [0.1, 0.15) is 16.9 Å². The van der Waals surface area contributed by atoms with E-state index in [-0.39, 0.29) is 36.9 Å². The SMILES string of the molecule is C=CCN1C(=O)NC(=O)C(Cc2ccc(OC)cc2OC)(CN2CC3CC(C2)c2cccc(=O)n2C3)C1=O. The van der Waals surface area contributed by atoms with E-state index in [2.05, 4.69) is 16.8 Å². The number of pyridine rings is 1. The molecule has 200 valence electrons. The van der Waals surface area contributed by atoms with Gasteiger partial charge in [-0.15, -0.1) is 6.58 Å². The van der Waals surface area contributed by atoms with Crippen molar-refractivity contribution in [1.82, 2.24) is 19.7 Å². The van der Waals surface area contributed by atoms with Crippen LogP contribution in [-0.4, -0.2) is 72.6 Å². The molecule has 2 saturated heterocycles. The van der Waals surface area contributed by atoms with E-state index in [9.17, 15) is 19.2 Å². The molecule has 10 heteroatoms. The number of urea groups is 1. The molecular weight excluding hydrogens is 488 g/mol. The Kier molecular flexibility index (Phi) is 6.83. The lowest BCUT2D eigenvalue weighted by Gasteiger charge is -2.47. The van der Waals surface area contributed by atoms with Gasteiger partial charge in [-0.3, -0.25) is 24.6 Å². The molecule has 3 aliphatic heterocycles. The van der Waals surface area contributed by atoms with Crippen molar-refractivity contribution < 1.29 is 23.9 Å². The van der Waals surface area contributed by atoms with Gasteiger partial charge in [0.15, 0.2) is 0 Å². The molecule has 3 aliphatic rings. The van der Waals surface area contributed by atoms with Gasteiger partial charge in [-0.1, -0.05) is 18.2 Å². The van der Waals surface area contributed by atoms with Gasteiger partial charge in [0.05, 0.1) is 14.2 Å². The Morgan fingerprint density at radius 3 is 2.63 bits per heavy atom. The minimum Gasteiger partial charge on any atom is -0.497 e. The third-order valence-corrected chi connectivity index (χ3v) is 7.90. The van der Waals surface area contributed by atoms with Crippen LogP contribution >= 0.6 is 0 Å². The third kappa shape index (κ3) is 4.38. The number of amides is 4. The largest absolute Gasteiger partial charge is 0.497 e. The fourth-order valence-corrected chi connectivity index (χ4v) is 6.21. The number of hydrogen-bond donors (Lipinski definition) is 1. The maximum Gasteiger partial charge on any atom is 0.331 e. The summed E-state index contributed by atoms with van der Waals surface area (Å²) in [5, 5.41) is 2.42. The van der Waals surface area contributed by atoms with E-state index in [0.717, 1.165) is 17.0 Å². The molecule has 2 fully saturated rings. The number of nitrogens with zero attached hydrogens (tertiary/aromatic N) is 3. The van der Waals surface area contributed by atoms with E-state index in [1.165, 1.54) is 13.2 Å². The van der Waals surface area contributed by atoms with Crippen LogP contribution in [0, 0.1) is 11.3 Å². The molecule has 3 unspecified atom stereocenters. The Balaban J connectivity index is 1.52. The molecule has 4 amide bonds. The molecule has 5 rings (SSSR count). The lowest BCUT2D eigenvalue weighted by atomic mass is 9.75. The Morgan fingerprint density at radius 2 is 1.89 bits per heavy atom. The normalized spacial score (nSPS) is 25.0. The number of barbiturate groups is 1. The fourth-order valence-electron chi connectivity index (χ4n) is 6.21. The van der Waals surface area contributed by atoms with Gasteiger partial charge < -0.3 is 18.9 Å². The first-order chi connectivity index (χ1) is 18.3. The lowest BCUT2D eigenvalue weighted by molar-refractivity contribution is -0.153. The molecule has 0 aliphatic carbocycles. The summed E-state index contributed by atoms with van der Waals surface area (Å²) in [5.74, 6) is 0.202. The van der Waals surface area contributed by atoms with Crippen molar-refractivity contribution in [2.75, 3.05) is 40.4 Å². The summed E-state index contributed by atoms with van der Waals surface area (Å²) in [5.41, 5.74) is 0.0565. The number of fused-ring (bicyclic) bond motifs is 4. The molecular formula is C28H32N4O6. The first-order valence-corrected chi connectivity index (χ1v) is 12.7. The van der Waals surface area contributed by atoms with E-state index in [4.69, 9.17) is 9.47 Å². The van der Waals surface area contributed by atoms with Gasteiger partial charge in [-0.05, 0) is 30.0 Å². The molecule has 1 N–H and O–H groups in total. The Morgan fingerprint density at radius 1 is 1.08 bits per heavy atom. The number of benzene rings is 1. The second-order valence-corrected chi connectivity index (χ2v) is 10.3. The zero-order chi connectivity index (χ0) is 27.0. The summed E-state index contributed by atoms with van der Waals surface area (Å²) in [7, 11) is 3.07. The number of carbonyl (C=O) groups is 3. The quantitative estimate of drug-likeness (QED) is 0.417. The number of methoxy groups -OCH3 is 2. The van der Waals surface area contributed by atoms with E-state index in [1.54, 1.807) is 37.4 Å². The predicted molar refractivity (Wildman–Crippen MR) is 139 cm³/mol. The summed E-state index contributed by atoms with van der Waals surface area (Å²) in [6.45, 7) is 5.61. The number of ether oxygens (including phenoxy) is 2. The summed E-state index contributed by atoms with van der Waals surface area (Å²) >= 11 is 0. The highest BCUT2D eigenvalue weighted by atomic mass is 16.5. The Hall–Kier alpha value is -3.92. The summed E-state index contributed by atoms with van der Waals surface area (Å²) in [6.07, 6.45) is 2.44. The third-order valence-electron chi connectivity index (χ3n) is 7.90. The van der Waals surface area contributed by atoms with Crippen LogP contribution in [0.3, 0.4) is 0 Å². The van der Waals surface area contributed by atoms with Crippen LogP contribution in [0.4, 0.5) is 4.79 Å². The molecule has 3 atom stereocenters. The van der Waals surface area contributed by atoms with Gasteiger partial charge >= 0.3 is 6.03 Å². The standard InChI is InChI=1S/C28H32N4O6/c1-4-10-31-26(35)28(25(34)29-27(31)36,13-19-8-9-21(37-2)12-23(19)38-3)17-30-14-18-11-20(16-30)22-6-5-7-24(33)32(22)15-18/h4-9,12,18,20H,1,10-11,13-17H2,2-3H3,(H,29,34,36). The minimum atomic E-state index is -1.57. The topological polar surface area (TPSA) is 110 Å². The zero-order valence-electron chi connectivity index (χ0n) is 21.6. The van der Waals surface area contributed by atoms with Crippen LogP contribution < -0.4 is 20.3 Å². The Labute approximate surface area is 220 Å². The second-order valence-electron chi connectivity index (χ2n) is 10.3. The lowest BCUT2D eigenvalue weighted by Crippen LogP contribution is -2.68. The van der Waals surface area contributed by atoms with Crippen molar-refractivity contribution in [3.05, 3.63) is 70.7 Å². The van der Waals surface area contributed by atoms with Gasteiger partial charge in [0, 0.05) is 62.9 Å². The fraction of sp³-hybridized carbons (Fsp3) is 0.429. The van der Waals surface area contributed by atoms with Gasteiger partial charge in [0.2, 0.25) is 11.8 Å². The van der Waals surface area contributed by atoms with Crippen LogP contribution in [0.25, 0.3) is 0 Å². The van der Waals surface area contributed by atoms with Crippen molar-refractivity contribution in [2.45, 2.75) is 25.3 Å². The van der Waals surface area contributed by atoms with Crippen molar-refractivity contribution >= 4 is 17.8 Å². The molecule has 4 heterocycles. The first kappa shape index (κ1) is 25.7. The van der Waals surface area contributed by atoms with Crippen LogP contribution in [0.15, 0.2) is 53.8 Å². The van der Waals surface area contributed by atoms with E-state index >= 15 is 0 Å².